The van der Waals surface area contributed by atoms with Crippen LogP contribution >= 0.6 is 11.3 Å². The van der Waals surface area contributed by atoms with Gasteiger partial charge in [-0.25, -0.2) is 4.98 Å². The molecule has 0 aliphatic heterocycles. The lowest BCUT2D eigenvalue weighted by molar-refractivity contribution is -0.119. The molecule has 0 atom stereocenters. The van der Waals surface area contributed by atoms with E-state index in [1.807, 2.05) is 31.2 Å². The summed E-state index contributed by atoms with van der Waals surface area (Å²) < 4.78 is 1.26. The highest BCUT2D eigenvalue weighted by Gasteiger charge is 2.14. The summed E-state index contributed by atoms with van der Waals surface area (Å²) in [5.41, 5.74) is 2.65. The van der Waals surface area contributed by atoms with Crippen LogP contribution < -0.4 is 15.8 Å². The lowest BCUT2D eigenvalue weighted by Gasteiger charge is -2.14. The van der Waals surface area contributed by atoms with Gasteiger partial charge >= 0.3 is 0 Å². The molecule has 1 amide bonds. The Kier molecular flexibility index (Phi) is 4.80. The fourth-order valence-electron chi connectivity index (χ4n) is 2.43. The van der Waals surface area contributed by atoms with E-state index in [2.05, 4.69) is 15.4 Å². The van der Waals surface area contributed by atoms with Crippen LogP contribution in [-0.2, 0) is 11.3 Å². The number of carbonyl (C=O) groups excluding carboxylic acids is 1. The van der Waals surface area contributed by atoms with E-state index in [0.29, 0.717) is 22.3 Å². The molecule has 0 saturated carbocycles. The standard InChI is InChI=1S/C17H19N5O2S/c1-11-5-4-6-13(7-11)9-18-14(23)10-21(3)17-20-22-15(24)8-12(2)19-16(22)25-17/h4-8H,9-10H2,1-3H3,(H,18,23). The van der Waals surface area contributed by atoms with Crippen LogP contribution in [-0.4, -0.2) is 34.1 Å². The maximum atomic E-state index is 12.2. The predicted octanol–water partition coefficient (Wildman–Crippen LogP) is 1.52. The number of carbonyl (C=O) groups is 1. The Labute approximate surface area is 148 Å². The second-order valence-electron chi connectivity index (χ2n) is 5.94. The van der Waals surface area contributed by atoms with Gasteiger partial charge in [0.1, 0.15) is 0 Å². The molecule has 7 nitrogen and oxygen atoms in total. The number of anilines is 1. The second kappa shape index (κ2) is 7.02. The Morgan fingerprint density at radius 2 is 2.12 bits per heavy atom. The van der Waals surface area contributed by atoms with Gasteiger partial charge in [-0.15, -0.1) is 5.10 Å². The van der Waals surface area contributed by atoms with E-state index < -0.39 is 0 Å². The second-order valence-corrected chi connectivity index (χ2v) is 6.87. The van der Waals surface area contributed by atoms with Crippen molar-refractivity contribution in [2.45, 2.75) is 20.4 Å². The van der Waals surface area contributed by atoms with Crippen LogP contribution in [0.5, 0.6) is 0 Å². The van der Waals surface area contributed by atoms with Crippen LogP contribution in [0.15, 0.2) is 35.1 Å². The van der Waals surface area contributed by atoms with E-state index in [9.17, 15) is 9.59 Å². The third-order valence-electron chi connectivity index (χ3n) is 3.64. The number of hydrogen-bond donors (Lipinski definition) is 1. The van der Waals surface area contributed by atoms with Gasteiger partial charge in [-0.3, -0.25) is 9.59 Å². The van der Waals surface area contributed by atoms with Crippen LogP contribution in [0.4, 0.5) is 5.13 Å². The van der Waals surface area contributed by atoms with E-state index in [-0.39, 0.29) is 18.0 Å². The highest BCUT2D eigenvalue weighted by molar-refractivity contribution is 7.20. The third kappa shape index (κ3) is 4.03. The highest BCUT2D eigenvalue weighted by atomic mass is 32.1. The molecule has 2 aromatic heterocycles. The van der Waals surface area contributed by atoms with Gasteiger partial charge in [0, 0.05) is 25.4 Å². The summed E-state index contributed by atoms with van der Waals surface area (Å²) in [5.74, 6) is -0.111. The molecular weight excluding hydrogens is 338 g/mol. The molecule has 0 radical (unpaired) electrons. The van der Waals surface area contributed by atoms with Gasteiger partial charge in [0.2, 0.25) is 16.0 Å². The summed E-state index contributed by atoms with van der Waals surface area (Å²) in [7, 11) is 1.77. The number of hydrogen-bond acceptors (Lipinski definition) is 6. The topological polar surface area (TPSA) is 79.6 Å². The van der Waals surface area contributed by atoms with E-state index in [0.717, 1.165) is 11.1 Å². The van der Waals surface area contributed by atoms with E-state index in [1.165, 1.54) is 21.9 Å². The van der Waals surface area contributed by atoms with Crippen molar-refractivity contribution in [3.8, 4) is 0 Å². The molecule has 3 rings (SSSR count). The molecule has 130 valence electrons. The first kappa shape index (κ1) is 17.1. The summed E-state index contributed by atoms with van der Waals surface area (Å²) in [5, 5.41) is 7.71. The van der Waals surface area contributed by atoms with Crippen molar-refractivity contribution in [1.82, 2.24) is 19.9 Å². The molecule has 0 fully saturated rings. The Hall–Kier alpha value is -2.74. The van der Waals surface area contributed by atoms with Gasteiger partial charge in [0.15, 0.2) is 0 Å². The summed E-state index contributed by atoms with van der Waals surface area (Å²) in [6, 6.07) is 9.44. The van der Waals surface area contributed by atoms with Crippen LogP contribution in [0.1, 0.15) is 16.8 Å². The molecule has 1 aromatic carbocycles. The van der Waals surface area contributed by atoms with Gasteiger partial charge in [0.05, 0.1) is 6.54 Å². The Morgan fingerprint density at radius 3 is 2.88 bits per heavy atom. The van der Waals surface area contributed by atoms with Crippen molar-refractivity contribution < 1.29 is 4.79 Å². The summed E-state index contributed by atoms with van der Waals surface area (Å²) >= 11 is 1.28. The summed E-state index contributed by atoms with van der Waals surface area (Å²) in [6.07, 6.45) is 0. The van der Waals surface area contributed by atoms with Crippen molar-refractivity contribution in [2.75, 3.05) is 18.5 Å². The molecule has 0 aliphatic carbocycles. The minimum absolute atomic E-state index is 0.111. The molecule has 25 heavy (non-hydrogen) atoms. The molecule has 1 N–H and O–H groups in total. The lowest BCUT2D eigenvalue weighted by atomic mass is 10.1. The first-order chi connectivity index (χ1) is 11.9. The zero-order valence-electron chi connectivity index (χ0n) is 14.3. The van der Waals surface area contributed by atoms with Crippen LogP contribution in [0.2, 0.25) is 0 Å². The normalized spacial score (nSPS) is 10.8. The monoisotopic (exact) mass is 357 g/mol. The molecular formula is C17H19N5O2S. The van der Waals surface area contributed by atoms with E-state index in [4.69, 9.17) is 0 Å². The number of amides is 1. The molecule has 8 heteroatoms. The molecule has 0 saturated heterocycles. The average Bonchev–Trinajstić information content (AvgIpc) is 2.97. The van der Waals surface area contributed by atoms with Crippen molar-refractivity contribution >= 4 is 27.3 Å². The smallest absolute Gasteiger partial charge is 0.275 e. The molecule has 0 unspecified atom stereocenters. The van der Waals surface area contributed by atoms with Gasteiger partial charge < -0.3 is 10.2 Å². The fourth-order valence-corrected chi connectivity index (χ4v) is 3.34. The number of aromatic nitrogens is 3. The Bertz CT molecular complexity index is 979. The quantitative estimate of drug-likeness (QED) is 0.749. The van der Waals surface area contributed by atoms with Crippen molar-refractivity contribution in [3.05, 3.63) is 57.5 Å². The first-order valence-electron chi connectivity index (χ1n) is 7.83. The van der Waals surface area contributed by atoms with Crippen molar-refractivity contribution in [3.63, 3.8) is 0 Å². The number of nitrogens with one attached hydrogen (secondary N) is 1. The molecule has 3 aromatic rings. The highest BCUT2D eigenvalue weighted by Crippen LogP contribution is 2.19. The van der Waals surface area contributed by atoms with Gasteiger partial charge in [-0.05, 0) is 19.4 Å². The largest absolute Gasteiger partial charge is 0.350 e. The number of fused-ring (bicyclic) bond motifs is 1. The maximum absolute atomic E-state index is 12.2. The average molecular weight is 357 g/mol. The molecule has 0 spiro atoms. The van der Waals surface area contributed by atoms with Crippen molar-refractivity contribution in [2.24, 2.45) is 0 Å². The minimum Gasteiger partial charge on any atom is -0.350 e. The van der Waals surface area contributed by atoms with Crippen LogP contribution in [0.25, 0.3) is 4.96 Å². The number of likely N-dealkylation sites (N-methyl/N-ethyl adjacent to an activating group) is 1. The zero-order chi connectivity index (χ0) is 18.0. The van der Waals surface area contributed by atoms with Crippen molar-refractivity contribution in [1.29, 1.82) is 0 Å². The van der Waals surface area contributed by atoms with E-state index in [1.54, 1.807) is 18.9 Å². The Morgan fingerprint density at radius 1 is 1.32 bits per heavy atom. The Balaban J connectivity index is 1.65. The SMILES string of the molecule is Cc1cccc(CNC(=O)CN(C)c2nn3c(=O)cc(C)nc3s2)c1. The number of rotatable bonds is 5. The molecule has 0 aliphatic rings. The first-order valence-corrected chi connectivity index (χ1v) is 8.65. The van der Waals surface area contributed by atoms with Gasteiger partial charge in [-0.1, -0.05) is 41.2 Å². The molecule has 2 heterocycles. The van der Waals surface area contributed by atoms with E-state index >= 15 is 0 Å². The van der Waals surface area contributed by atoms with Gasteiger partial charge in [-0.2, -0.15) is 4.52 Å². The summed E-state index contributed by atoms with van der Waals surface area (Å²) in [4.78, 5) is 30.6. The predicted molar refractivity (Wildman–Crippen MR) is 98.2 cm³/mol. The zero-order valence-corrected chi connectivity index (χ0v) is 15.1. The maximum Gasteiger partial charge on any atom is 0.275 e. The van der Waals surface area contributed by atoms with Crippen LogP contribution in [0, 0.1) is 13.8 Å². The van der Waals surface area contributed by atoms with Gasteiger partial charge in [0.25, 0.3) is 5.56 Å². The number of benzene rings is 1. The lowest BCUT2D eigenvalue weighted by Crippen LogP contribution is -2.34. The fraction of sp³-hybridized carbons (Fsp3) is 0.294. The third-order valence-corrected chi connectivity index (χ3v) is 4.66. The van der Waals surface area contributed by atoms with Crippen LogP contribution in [0.3, 0.4) is 0 Å². The summed E-state index contributed by atoms with van der Waals surface area (Å²) in [6.45, 7) is 4.42. The number of aryl methyl sites for hydroxylation is 2. The minimum atomic E-state index is -0.220. The number of nitrogens with zero attached hydrogens (tertiary/aromatic N) is 4. The molecule has 0 bridgehead atoms.